The van der Waals surface area contributed by atoms with Gasteiger partial charge < -0.3 is 15.0 Å². The molecule has 0 aromatic heterocycles. The maximum atomic E-state index is 14.1. The lowest BCUT2D eigenvalue weighted by Crippen LogP contribution is -2.51. The van der Waals surface area contributed by atoms with Crippen molar-refractivity contribution in [2.24, 2.45) is 0 Å². The van der Waals surface area contributed by atoms with Crippen LogP contribution in [0.5, 0.6) is 5.75 Å². The molecule has 4 aromatic rings. The fraction of sp³-hybridized carbons (Fsp3) is 0.133. The van der Waals surface area contributed by atoms with Crippen LogP contribution >= 0.6 is 0 Å². The molecule has 0 spiro atoms. The van der Waals surface area contributed by atoms with E-state index in [1.54, 1.807) is 11.0 Å². The summed E-state index contributed by atoms with van der Waals surface area (Å²) in [6.45, 7) is 0.526. The summed E-state index contributed by atoms with van der Waals surface area (Å²) >= 11 is 0. The van der Waals surface area contributed by atoms with Crippen LogP contribution in [0.25, 0.3) is 0 Å². The minimum absolute atomic E-state index is 0.0981. The van der Waals surface area contributed by atoms with Crippen LogP contribution in [0.2, 0.25) is 0 Å². The van der Waals surface area contributed by atoms with Crippen molar-refractivity contribution in [3.63, 3.8) is 0 Å². The first kappa shape index (κ1) is 22.4. The van der Waals surface area contributed by atoms with Crippen LogP contribution in [0.1, 0.15) is 22.6 Å². The monoisotopic (exact) mass is 462 g/mol. The Balaban J connectivity index is 1.45. The highest BCUT2D eigenvalue weighted by Crippen LogP contribution is 2.37. The zero-order chi connectivity index (χ0) is 24.0. The predicted octanol–water partition coefficient (Wildman–Crippen LogP) is 4.93. The van der Waals surface area contributed by atoms with Gasteiger partial charge in [0.15, 0.2) is 6.10 Å². The number of benzene rings is 4. The van der Waals surface area contributed by atoms with E-state index in [9.17, 15) is 9.59 Å². The first-order chi connectivity index (χ1) is 17.2. The molecule has 5 rings (SSSR count). The van der Waals surface area contributed by atoms with E-state index in [1.807, 2.05) is 109 Å². The molecule has 1 atom stereocenters. The number of nitrogens with one attached hydrogen (secondary N) is 1. The van der Waals surface area contributed by atoms with Crippen LogP contribution < -0.4 is 15.0 Å². The van der Waals surface area contributed by atoms with Crippen molar-refractivity contribution in [1.29, 1.82) is 0 Å². The second-order valence-electron chi connectivity index (χ2n) is 8.48. The summed E-state index contributed by atoms with van der Waals surface area (Å²) in [5.74, 6) is -0.334. The number of para-hydroxylation sites is 2. The molecule has 1 heterocycles. The number of carbonyl (C=O) groups is 2. The minimum atomic E-state index is -0.815. The molecule has 2 amide bonds. The smallest absolute Gasteiger partial charge is 0.263 e. The number of hydrogen-bond donors (Lipinski definition) is 1. The van der Waals surface area contributed by atoms with Crippen LogP contribution in [0, 0.1) is 0 Å². The number of anilines is 1. The molecule has 1 N–H and O–H groups in total. The summed E-state index contributed by atoms with van der Waals surface area (Å²) in [6.07, 6.45) is -0.815. The summed E-state index contributed by atoms with van der Waals surface area (Å²) < 4.78 is 6.05. The average Bonchev–Trinajstić information content (AvgIpc) is 2.93. The standard InChI is InChI=1S/C30H26N2O3/c33-29(31-20-22-12-4-1-5-13-22)27-21-32(25-18-10-11-19-26(25)35-27)30(34)28(23-14-6-2-7-15-23)24-16-8-3-9-17-24/h1-19,27-28H,20-21H2,(H,31,33). The highest BCUT2D eigenvalue weighted by molar-refractivity contribution is 6.02. The van der Waals surface area contributed by atoms with Gasteiger partial charge in [-0.2, -0.15) is 0 Å². The van der Waals surface area contributed by atoms with E-state index in [-0.39, 0.29) is 18.4 Å². The van der Waals surface area contributed by atoms with Gasteiger partial charge in [0.05, 0.1) is 18.2 Å². The zero-order valence-corrected chi connectivity index (χ0v) is 19.2. The van der Waals surface area contributed by atoms with Gasteiger partial charge in [0.25, 0.3) is 5.91 Å². The molecule has 1 aliphatic heterocycles. The van der Waals surface area contributed by atoms with Crippen molar-refractivity contribution in [2.75, 3.05) is 11.4 Å². The molecule has 0 saturated carbocycles. The topological polar surface area (TPSA) is 58.6 Å². The van der Waals surface area contributed by atoms with Crippen LogP contribution in [-0.2, 0) is 16.1 Å². The molecule has 35 heavy (non-hydrogen) atoms. The molecule has 0 fully saturated rings. The molecule has 4 aromatic carbocycles. The Morgan fingerprint density at radius 2 is 1.31 bits per heavy atom. The second-order valence-corrected chi connectivity index (χ2v) is 8.48. The van der Waals surface area contributed by atoms with Crippen LogP contribution in [-0.4, -0.2) is 24.5 Å². The molecule has 0 aliphatic carbocycles. The molecule has 5 nitrogen and oxygen atoms in total. The van der Waals surface area contributed by atoms with Crippen LogP contribution in [0.4, 0.5) is 5.69 Å². The molecular formula is C30H26N2O3. The number of ether oxygens (including phenoxy) is 1. The normalized spacial score (nSPS) is 14.7. The van der Waals surface area contributed by atoms with Crippen molar-refractivity contribution in [2.45, 2.75) is 18.6 Å². The zero-order valence-electron chi connectivity index (χ0n) is 19.2. The van der Waals surface area contributed by atoms with E-state index in [2.05, 4.69) is 5.32 Å². The third kappa shape index (κ3) is 4.94. The molecule has 5 heteroatoms. The minimum Gasteiger partial charge on any atom is -0.477 e. The van der Waals surface area contributed by atoms with Crippen molar-refractivity contribution in [3.8, 4) is 5.75 Å². The fourth-order valence-electron chi connectivity index (χ4n) is 4.40. The number of fused-ring (bicyclic) bond motifs is 1. The number of rotatable bonds is 6. The summed E-state index contributed by atoms with van der Waals surface area (Å²) in [5.41, 5.74) is 3.47. The SMILES string of the molecule is O=C(NCc1ccccc1)C1CN(C(=O)C(c2ccccc2)c2ccccc2)c2ccccc2O1. The Morgan fingerprint density at radius 3 is 1.94 bits per heavy atom. The number of hydrogen-bond acceptors (Lipinski definition) is 3. The highest BCUT2D eigenvalue weighted by Gasteiger charge is 2.37. The Morgan fingerprint density at radius 1 is 0.771 bits per heavy atom. The Hall–Kier alpha value is -4.38. The summed E-state index contributed by atoms with van der Waals surface area (Å²) in [5, 5.41) is 2.95. The largest absolute Gasteiger partial charge is 0.477 e. The lowest BCUT2D eigenvalue weighted by Gasteiger charge is -2.36. The van der Waals surface area contributed by atoms with E-state index < -0.39 is 12.0 Å². The van der Waals surface area contributed by atoms with Gasteiger partial charge in [-0.05, 0) is 28.8 Å². The second kappa shape index (κ2) is 10.3. The number of amides is 2. The molecular weight excluding hydrogens is 436 g/mol. The third-order valence-corrected chi connectivity index (χ3v) is 6.15. The maximum absolute atomic E-state index is 14.1. The molecule has 174 valence electrons. The maximum Gasteiger partial charge on any atom is 0.263 e. The summed E-state index contributed by atoms with van der Waals surface area (Å²) in [7, 11) is 0. The van der Waals surface area contributed by atoms with E-state index in [0.29, 0.717) is 18.0 Å². The highest BCUT2D eigenvalue weighted by atomic mass is 16.5. The van der Waals surface area contributed by atoms with Crippen LogP contribution in [0.15, 0.2) is 115 Å². The van der Waals surface area contributed by atoms with Crippen molar-refractivity contribution < 1.29 is 14.3 Å². The number of nitrogens with zero attached hydrogens (tertiary/aromatic N) is 1. The molecule has 1 unspecified atom stereocenters. The summed E-state index contributed by atoms with van der Waals surface area (Å²) in [4.78, 5) is 28.9. The van der Waals surface area contributed by atoms with Gasteiger partial charge >= 0.3 is 0 Å². The predicted molar refractivity (Wildman–Crippen MR) is 136 cm³/mol. The van der Waals surface area contributed by atoms with Gasteiger partial charge in [-0.1, -0.05) is 103 Å². The van der Waals surface area contributed by atoms with Gasteiger partial charge in [0.1, 0.15) is 5.75 Å². The molecule has 0 saturated heterocycles. The van der Waals surface area contributed by atoms with Gasteiger partial charge in [0, 0.05) is 6.54 Å². The lowest BCUT2D eigenvalue weighted by atomic mass is 9.89. The first-order valence-electron chi connectivity index (χ1n) is 11.7. The fourth-order valence-corrected chi connectivity index (χ4v) is 4.40. The molecule has 1 aliphatic rings. The van der Waals surface area contributed by atoms with E-state index in [4.69, 9.17) is 4.74 Å². The molecule has 0 bridgehead atoms. The van der Waals surface area contributed by atoms with E-state index >= 15 is 0 Å². The van der Waals surface area contributed by atoms with Gasteiger partial charge in [-0.15, -0.1) is 0 Å². The third-order valence-electron chi connectivity index (χ3n) is 6.15. The van der Waals surface area contributed by atoms with E-state index in [0.717, 1.165) is 16.7 Å². The van der Waals surface area contributed by atoms with Crippen LogP contribution in [0.3, 0.4) is 0 Å². The van der Waals surface area contributed by atoms with Crippen molar-refractivity contribution >= 4 is 17.5 Å². The van der Waals surface area contributed by atoms with Crippen molar-refractivity contribution in [3.05, 3.63) is 132 Å². The lowest BCUT2D eigenvalue weighted by molar-refractivity contribution is -0.128. The van der Waals surface area contributed by atoms with Gasteiger partial charge in [-0.25, -0.2) is 0 Å². The van der Waals surface area contributed by atoms with Gasteiger partial charge in [-0.3, -0.25) is 9.59 Å². The Bertz CT molecular complexity index is 1250. The quantitative estimate of drug-likeness (QED) is 0.442. The Labute approximate surface area is 205 Å². The molecule has 0 radical (unpaired) electrons. The number of carbonyl (C=O) groups excluding carboxylic acids is 2. The average molecular weight is 463 g/mol. The van der Waals surface area contributed by atoms with Gasteiger partial charge in [0.2, 0.25) is 5.91 Å². The first-order valence-corrected chi connectivity index (χ1v) is 11.7. The summed E-state index contributed by atoms with van der Waals surface area (Å²) in [6, 6.07) is 36.6. The van der Waals surface area contributed by atoms with E-state index in [1.165, 1.54) is 0 Å². The Kier molecular flexibility index (Phi) is 6.57. The van der Waals surface area contributed by atoms with Crippen molar-refractivity contribution in [1.82, 2.24) is 5.32 Å².